The lowest BCUT2D eigenvalue weighted by Crippen LogP contribution is -2.20. The topological polar surface area (TPSA) is 37.4 Å². The third kappa shape index (κ3) is 5.81. The van der Waals surface area contributed by atoms with Crippen molar-refractivity contribution in [3.63, 3.8) is 0 Å². The summed E-state index contributed by atoms with van der Waals surface area (Å²) < 4.78 is 5.97. The van der Waals surface area contributed by atoms with E-state index in [1.807, 2.05) is 48.5 Å². The highest BCUT2D eigenvalue weighted by atomic mass is 16.5. The smallest absolute Gasteiger partial charge is 0.131 e. The highest BCUT2D eigenvalue weighted by Gasteiger charge is 2.20. The van der Waals surface area contributed by atoms with Gasteiger partial charge in [0.05, 0.1) is 5.69 Å². The summed E-state index contributed by atoms with van der Waals surface area (Å²) in [5.74, 6) is 1.74. The Morgan fingerprint density at radius 1 is 0.931 bits per heavy atom. The van der Waals surface area contributed by atoms with Gasteiger partial charge in [-0.2, -0.15) is 0 Å². The molecule has 4 heteroatoms. The van der Waals surface area contributed by atoms with E-state index in [1.165, 1.54) is 5.56 Å². The highest BCUT2D eigenvalue weighted by Crippen LogP contribution is 2.35. The lowest BCUT2D eigenvalue weighted by Gasteiger charge is -2.24. The minimum Gasteiger partial charge on any atom is -0.492 e. The summed E-state index contributed by atoms with van der Waals surface area (Å²) in [6.07, 6.45) is 0. The summed E-state index contributed by atoms with van der Waals surface area (Å²) in [5, 5.41) is 3.38. The fourth-order valence-electron chi connectivity index (χ4n) is 3.13. The van der Waals surface area contributed by atoms with Crippen LogP contribution < -0.4 is 10.1 Å². The molecule has 0 aliphatic carbocycles. The average molecular weight is 390 g/mol. The van der Waals surface area contributed by atoms with Crippen LogP contribution in [0.5, 0.6) is 5.75 Å². The van der Waals surface area contributed by atoms with Gasteiger partial charge in [-0.25, -0.2) is 4.98 Å². The number of aromatic nitrogens is 1. The second kappa shape index (κ2) is 9.10. The Kier molecular flexibility index (Phi) is 6.55. The van der Waals surface area contributed by atoms with Crippen LogP contribution in [0.15, 0.2) is 66.7 Å². The van der Waals surface area contributed by atoms with E-state index in [0.29, 0.717) is 6.61 Å². The molecule has 152 valence electrons. The lowest BCUT2D eigenvalue weighted by atomic mass is 9.82. The molecule has 3 rings (SSSR count). The molecule has 0 aliphatic rings. The molecule has 0 bridgehead atoms. The molecule has 1 aromatic heterocycles. The molecule has 0 aliphatic heterocycles. The SMILES string of the molecule is CN(C)CCOc1ccc(-c2cccc(Nc3ccccc3)n2)c(C(C)(C)C)c1. The number of pyridine rings is 1. The predicted octanol–water partition coefficient (Wildman–Crippen LogP) is 5.73. The first kappa shape index (κ1) is 20.9. The van der Waals surface area contributed by atoms with E-state index in [1.54, 1.807) is 0 Å². The predicted molar refractivity (Wildman–Crippen MR) is 122 cm³/mol. The number of rotatable bonds is 7. The molecule has 0 fully saturated rings. The first-order valence-electron chi connectivity index (χ1n) is 10.0. The quantitative estimate of drug-likeness (QED) is 0.560. The van der Waals surface area contributed by atoms with Crippen LogP contribution in [-0.4, -0.2) is 37.1 Å². The summed E-state index contributed by atoms with van der Waals surface area (Å²) in [6.45, 7) is 8.23. The van der Waals surface area contributed by atoms with Gasteiger partial charge in [0.15, 0.2) is 0 Å². The van der Waals surface area contributed by atoms with Gasteiger partial charge in [-0.05, 0) is 67.5 Å². The number of benzene rings is 2. The standard InChI is InChI=1S/C25H31N3O/c1-25(2,3)22-18-20(29-17-16-28(4)5)14-15-21(22)23-12-9-13-24(27-23)26-19-10-7-6-8-11-19/h6-15,18H,16-17H2,1-5H3,(H,26,27). The second-order valence-electron chi connectivity index (χ2n) is 8.51. The second-order valence-corrected chi connectivity index (χ2v) is 8.51. The van der Waals surface area contributed by atoms with Gasteiger partial charge in [0.1, 0.15) is 18.2 Å². The van der Waals surface area contributed by atoms with Gasteiger partial charge >= 0.3 is 0 Å². The summed E-state index contributed by atoms with van der Waals surface area (Å²) in [6, 6.07) is 22.5. The maximum atomic E-state index is 5.97. The van der Waals surface area contributed by atoms with Gasteiger partial charge in [0.25, 0.3) is 0 Å². The van der Waals surface area contributed by atoms with Gasteiger partial charge in [0, 0.05) is 17.8 Å². The first-order valence-corrected chi connectivity index (χ1v) is 10.0. The van der Waals surface area contributed by atoms with Crippen molar-refractivity contribution in [3.05, 3.63) is 72.3 Å². The molecule has 1 heterocycles. The van der Waals surface area contributed by atoms with E-state index in [4.69, 9.17) is 9.72 Å². The van der Waals surface area contributed by atoms with Crippen molar-refractivity contribution in [1.82, 2.24) is 9.88 Å². The van der Waals surface area contributed by atoms with Crippen LogP contribution in [0.3, 0.4) is 0 Å². The van der Waals surface area contributed by atoms with Gasteiger partial charge in [-0.3, -0.25) is 0 Å². The number of hydrogen-bond acceptors (Lipinski definition) is 4. The van der Waals surface area contributed by atoms with Crippen molar-refractivity contribution < 1.29 is 4.74 Å². The number of ether oxygens (including phenoxy) is 1. The lowest BCUT2D eigenvalue weighted by molar-refractivity contribution is 0.261. The summed E-state index contributed by atoms with van der Waals surface area (Å²) in [5.41, 5.74) is 4.31. The summed E-state index contributed by atoms with van der Waals surface area (Å²) in [4.78, 5) is 6.99. The van der Waals surface area contributed by atoms with E-state index in [-0.39, 0.29) is 5.41 Å². The molecule has 2 aromatic carbocycles. The fourth-order valence-corrected chi connectivity index (χ4v) is 3.13. The molecule has 0 radical (unpaired) electrons. The summed E-state index contributed by atoms with van der Waals surface area (Å²) >= 11 is 0. The average Bonchev–Trinajstić information content (AvgIpc) is 2.68. The minimum atomic E-state index is -0.0270. The van der Waals surface area contributed by atoms with E-state index in [9.17, 15) is 0 Å². The molecule has 0 amide bonds. The zero-order chi connectivity index (χ0) is 20.9. The van der Waals surface area contributed by atoms with Crippen molar-refractivity contribution in [3.8, 4) is 17.0 Å². The Balaban J connectivity index is 1.90. The van der Waals surface area contributed by atoms with Crippen LogP contribution in [0, 0.1) is 0 Å². The van der Waals surface area contributed by atoms with Crippen LogP contribution >= 0.6 is 0 Å². The van der Waals surface area contributed by atoms with Crippen molar-refractivity contribution in [2.24, 2.45) is 0 Å². The van der Waals surface area contributed by atoms with Crippen LogP contribution in [0.2, 0.25) is 0 Å². The molecule has 29 heavy (non-hydrogen) atoms. The number of hydrogen-bond donors (Lipinski definition) is 1. The molecule has 0 saturated heterocycles. The molecule has 0 atom stereocenters. The Morgan fingerprint density at radius 2 is 1.69 bits per heavy atom. The van der Waals surface area contributed by atoms with E-state index in [2.05, 4.69) is 63.3 Å². The number of likely N-dealkylation sites (N-methyl/N-ethyl adjacent to an activating group) is 1. The summed E-state index contributed by atoms with van der Waals surface area (Å²) in [7, 11) is 4.10. The molecule has 1 N–H and O–H groups in total. The molecular weight excluding hydrogens is 358 g/mol. The van der Waals surface area contributed by atoms with Crippen LogP contribution in [0.1, 0.15) is 26.3 Å². The first-order chi connectivity index (χ1) is 13.8. The minimum absolute atomic E-state index is 0.0270. The van der Waals surface area contributed by atoms with Crippen molar-refractivity contribution in [1.29, 1.82) is 0 Å². The van der Waals surface area contributed by atoms with Crippen molar-refractivity contribution in [2.75, 3.05) is 32.6 Å². The Labute approximate surface area is 174 Å². The van der Waals surface area contributed by atoms with Crippen LogP contribution in [0.25, 0.3) is 11.3 Å². The van der Waals surface area contributed by atoms with E-state index < -0.39 is 0 Å². The normalized spacial score (nSPS) is 11.5. The molecular formula is C25H31N3O. The molecule has 3 aromatic rings. The van der Waals surface area contributed by atoms with Crippen molar-refractivity contribution >= 4 is 11.5 Å². The van der Waals surface area contributed by atoms with Gasteiger partial charge in [-0.1, -0.05) is 45.0 Å². The Hall–Kier alpha value is -2.85. The van der Waals surface area contributed by atoms with Gasteiger partial charge < -0.3 is 15.0 Å². The fraction of sp³-hybridized carbons (Fsp3) is 0.320. The molecule has 0 unspecified atom stereocenters. The number of anilines is 2. The third-order valence-electron chi connectivity index (χ3n) is 4.68. The molecule has 4 nitrogen and oxygen atoms in total. The Morgan fingerprint density at radius 3 is 2.38 bits per heavy atom. The maximum absolute atomic E-state index is 5.97. The number of nitrogens with one attached hydrogen (secondary N) is 1. The van der Waals surface area contributed by atoms with Crippen LogP contribution in [0.4, 0.5) is 11.5 Å². The maximum Gasteiger partial charge on any atom is 0.131 e. The zero-order valence-corrected chi connectivity index (χ0v) is 18.1. The van der Waals surface area contributed by atoms with Crippen molar-refractivity contribution in [2.45, 2.75) is 26.2 Å². The van der Waals surface area contributed by atoms with E-state index in [0.717, 1.165) is 35.1 Å². The third-order valence-corrected chi connectivity index (χ3v) is 4.68. The highest BCUT2D eigenvalue weighted by molar-refractivity contribution is 5.69. The largest absolute Gasteiger partial charge is 0.492 e. The van der Waals surface area contributed by atoms with Gasteiger partial charge in [-0.15, -0.1) is 0 Å². The number of nitrogens with zero attached hydrogens (tertiary/aromatic N) is 2. The zero-order valence-electron chi connectivity index (χ0n) is 18.1. The van der Waals surface area contributed by atoms with E-state index >= 15 is 0 Å². The van der Waals surface area contributed by atoms with Gasteiger partial charge in [0.2, 0.25) is 0 Å². The molecule has 0 spiro atoms. The number of para-hydroxylation sites is 1. The monoisotopic (exact) mass is 389 g/mol. The Bertz CT molecular complexity index is 930. The molecule has 0 saturated carbocycles. The van der Waals surface area contributed by atoms with Crippen LogP contribution in [-0.2, 0) is 5.41 Å².